The number of ether oxygens (including phenoxy) is 1. The smallest absolute Gasteiger partial charge is 0.422 e. The monoisotopic (exact) mass is 639 g/mol. The van der Waals surface area contributed by atoms with E-state index in [0.29, 0.717) is 11.4 Å². The van der Waals surface area contributed by atoms with Crippen molar-refractivity contribution in [2.24, 2.45) is 0 Å². The highest BCUT2D eigenvalue weighted by atomic mass is 32.2. The highest BCUT2D eigenvalue weighted by Crippen LogP contribution is 2.37. The van der Waals surface area contributed by atoms with Crippen LogP contribution in [0.4, 0.5) is 0 Å². The Morgan fingerprint density at radius 2 is 1.35 bits per heavy atom. The lowest BCUT2D eigenvalue weighted by Crippen LogP contribution is -2.34. The zero-order chi connectivity index (χ0) is 33.5. The summed E-state index contributed by atoms with van der Waals surface area (Å²) < 4.78 is 41.6. The van der Waals surface area contributed by atoms with Gasteiger partial charge in [0.05, 0.1) is 16.3 Å². The van der Waals surface area contributed by atoms with E-state index in [-0.39, 0.29) is 39.9 Å². The second kappa shape index (κ2) is 12.8. The fraction of sp³-hybridized carbons (Fsp3) is 0.316. The summed E-state index contributed by atoms with van der Waals surface area (Å²) in [6, 6.07) is 19.0. The molecule has 0 saturated heterocycles. The first kappa shape index (κ1) is 32.9. The number of hydrogen-bond donors (Lipinski definition) is 0. The van der Waals surface area contributed by atoms with Crippen LogP contribution >= 0.6 is 0 Å². The quantitative estimate of drug-likeness (QED) is 0.112. The number of aromatic nitrogens is 2. The molecule has 0 bridgehead atoms. The summed E-state index contributed by atoms with van der Waals surface area (Å²) in [6.07, 6.45) is 4.04. The summed E-state index contributed by atoms with van der Waals surface area (Å²) in [7, 11) is -3.75. The third kappa shape index (κ3) is 6.06. The van der Waals surface area contributed by atoms with Crippen molar-refractivity contribution in [3.8, 4) is 23.1 Å². The van der Waals surface area contributed by atoms with Crippen molar-refractivity contribution in [3.05, 3.63) is 118 Å². The van der Waals surface area contributed by atoms with Crippen LogP contribution in [0.1, 0.15) is 101 Å². The number of para-hydroxylation sites is 2. The lowest BCUT2D eigenvalue weighted by molar-refractivity contribution is -0.602. The van der Waals surface area contributed by atoms with Gasteiger partial charge in [-0.3, -0.25) is 0 Å². The van der Waals surface area contributed by atoms with Gasteiger partial charge in [-0.2, -0.15) is 9.13 Å². The Morgan fingerprint density at radius 1 is 0.804 bits per heavy atom. The van der Waals surface area contributed by atoms with E-state index in [4.69, 9.17) is 9.15 Å². The van der Waals surface area contributed by atoms with Crippen LogP contribution in [0.2, 0.25) is 0 Å². The van der Waals surface area contributed by atoms with Crippen molar-refractivity contribution in [2.75, 3.05) is 0 Å². The van der Waals surface area contributed by atoms with Gasteiger partial charge in [0.15, 0.2) is 15.6 Å². The molecule has 0 fully saturated rings. The number of fused-ring (bicyclic) bond motifs is 1. The average Bonchev–Trinajstić information content (AvgIpc) is 3.42. The van der Waals surface area contributed by atoms with Gasteiger partial charge in [0.25, 0.3) is 0 Å². The highest BCUT2D eigenvalue weighted by molar-refractivity contribution is 7.94. The fourth-order valence-corrected chi connectivity index (χ4v) is 6.69. The predicted molar refractivity (Wildman–Crippen MR) is 184 cm³/mol. The molecule has 2 heterocycles. The molecular weight excluding hydrogens is 596 g/mol. The van der Waals surface area contributed by atoms with E-state index in [0.717, 1.165) is 39.0 Å². The Bertz CT molecular complexity index is 1970. The number of rotatable bonds is 10. The van der Waals surface area contributed by atoms with Gasteiger partial charge in [0, 0.05) is 33.7 Å². The topological polar surface area (TPSA) is 82.4 Å². The van der Waals surface area contributed by atoms with Crippen LogP contribution in [-0.4, -0.2) is 13.0 Å². The van der Waals surface area contributed by atoms with E-state index in [1.165, 1.54) is 18.2 Å². The summed E-state index contributed by atoms with van der Waals surface area (Å²) in [4.78, 5) is 12.9. The molecule has 5 aromatic rings. The SMILES string of the molecule is C=CS(=O)(=O)c1ccc2c(Oc3n(-c4c(C(C)C)cccc4C(C)C)cc[n+]3-c3c(C(C)C)cccc3C(C)C)cc(=O)oc2c1. The lowest BCUT2D eigenvalue weighted by atomic mass is 9.92. The second-order valence-electron chi connectivity index (χ2n) is 12.9. The van der Waals surface area contributed by atoms with Gasteiger partial charge in [-0.15, -0.1) is 0 Å². The predicted octanol–water partition coefficient (Wildman–Crippen LogP) is 9.06. The van der Waals surface area contributed by atoms with Crippen molar-refractivity contribution in [3.63, 3.8) is 0 Å². The van der Waals surface area contributed by atoms with Crippen LogP contribution in [0.5, 0.6) is 11.8 Å². The molecule has 8 heteroatoms. The molecule has 7 nitrogen and oxygen atoms in total. The number of benzene rings is 3. The lowest BCUT2D eigenvalue weighted by Gasteiger charge is -2.19. The Labute approximate surface area is 271 Å². The van der Waals surface area contributed by atoms with E-state index in [2.05, 4.69) is 108 Å². The van der Waals surface area contributed by atoms with Crippen LogP contribution in [-0.2, 0) is 9.84 Å². The fourth-order valence-electron chi connectivity index (χ4n) is 5.96. The third-order valence-electron chi connectivity index (χ3n) is 8.37. The minimum Gasteiger partial charge on any atom is -0.422 e. The van der Waals surface area contributed by atoms with Crippen molar-refractivity contribution in [1.82, 2.24) is 4.57 Å². The summed E-state index contributed by atoms with van der Waals surface area (Å²) in [5.41, 5.74) is 6.16. The van der Waals surface area contributed by atoms with Crippen LogP contribution in [0.15, 0.2) is 99.2 Å². The van der Waals surface area contributed by atoms with Crippen LogP contribution in [0.3, 0.4) is 0 Å². The number of sulfone groups is 1. The molecule has 0 unspecified atom stereocenters. The first-order valence-corrected chi connectivity index (χ1v) is 17.3. The minimum absolute atomic E-state index is 0.0198. The number of imidazole rings is 1. The molecule has 0 atom stereocenters. The largest absolute Gasteiger partial charge is 0.472 e. The molecule has 46 heavy (non-hydrogen) atoms. The Hall–Kier alpha value is -4.43. The van der Waals surface area contributed by atoms with Gasteiger partial charge in [0.2, 0.25) is 0 Å². The molecule has 240 valence electrons. The summed E-state index contributed by atoms with van der Waals surface area (Å²) in [6.45, 7) is 20.8. The molecule has 3 aromatic carbocycles. The van der Waals surface area contributed by atoms with Crippen molar-refractivity contribution >= 4 is 20.8 Å². The zero-order valence-corrected chi connectivity index (χ0v) is 28.7. The maximum Gasteiger partial charge on any atom is 0.472 e. The van der Waals surface area contributed by atoms with E-state index < -0.39 is 15.5 Å². The zero-order valence-electron chi connectivity index (χ0n) is 27.9. The normalized spacial score (nSPS) is 12.2. The van der Waals surface area contributed by atoms with E-state index >= 15 is 0 Å². The van der Waals surface area contributed by atoms with Crippen LogP contribution < -0.4 is 14.9 Å². The molecule has 0 amide bonds. The molecule has 5 rings (SSSR count). The summed E-state index contributed by atoms with van der Waals surface area (Å²) in [5.74, 6) is 1.15. The molecule has 0 aliphatic carbocycles. The van der Waals surface area contributed by atoms with E-state index in [9.17, 15) is 13.2 Å². The Balaban J connectivity index is 1.88. The summed E-state index contributed by atoms with van der Waals surface area (Å²) >= 11 is 0. The van der Waals surface area contributed by atoms with Crippen LogP contribution in [0.25, 0.3) is 22.3 Å². The van der Waals surface area contributed by atoms with Gasteiger partial charge in [-0.1, -0.05) is 98.4 Å². The summed E-state index contributed by atoms with van der Waals surface area (Å²) in [5, 5.41) is 1.34. The van der Waals surface area contributed by atoms with Gasteiger partial charge in [-0.25, -0.2) is 13.2 Å². The van der Waals surface area contributed by atoms with Crippen molar-refractivity contribution < 1.29 is 22.1 Å². The standard InChI is InChI=1S/C38H43N2O5S/c1-10-46(42,43)27-17-18-32-33(21-27)44-35(41)22-34(32)45-38-39(36-28(23(2)3)13-11-14-29(36)24(4)5)19-20-40(38)37-30(25(6)7)15-12-16-31(37)26(8)9/h10-26H,1H2,2-9H3/q+1. The molecule has 0 aliphatic rings. The van der Waals surface area contributed by atoms with Crippen LogP contribution in [0, 0.1) is 0 Å². The molecular formula is C38H43N2O5S+. The maximum atomic E-state index is 12.9. The van der Waals surface area contributed by atoms with Gasteiger partial charge < -0.3 is 9.15 Å². The average molecular weight is 640 g/mol. The molecule has 0 saturated carbocycles. The molecule has 0 aliphatic heterocycles. The van der Waals surface area contributed by atoms with Gasteiger partial charge in [-0.05, 0) is 35.8 Å². The molecule has 0 N–H and O–H groups in total. The first-order chi connectivity index (χ1) is 21.7. The third-order valence-corrected chi connectivity index (χ3v) is 9.72. The Kier molecular flexibility index (Phi) is 9.14. The second-order valence-corrected chi connectivity index (χ2v) is 14.8. The molecule has 2 aromatic heterocycles. The number of hydrogen-bond acceptors (Lipinski definition) is 5. The Morgan fingerprint density at radius 3 is 1.87 bits per heavy atom. The van der Waals surface area contributed by atoms with Gasteiger partial charge in [0.1, 0.15) is 29.4 Å². The molecule has 0 spiro atoms. The van der Waals surface area contributed by atoms with E-state index in [1.54, 1.807) is 6.07 Å². The van der Waals surface area contributed by atoms with Gasteiger partial charge >= 0.3 is 11.6 Å². The van der Waals surface area contributed by atoms with E-state index in [1.807, 2.05) is 12.4 Å². The highest BCUT2D eigenvalue weighted by Gasteiger charge is 2.32. The van der Waals surface area contributed by atoms with Crippen molar-refractivity contribution in [1.29, 1.82) is 0 Å². The van der Waals surface area contributed by atoms with Crippen molar-refractivity contribution in [2.45, 2.75) is 84.0 Å². The molecule has 0 radical (unpaired) electrons. The number of nitrogens with zero attached hydrogens (tertiary/aromatic N) is 2. The first-order valence-electron chi connectivity index (χ1n) is 15.8. The maximum absolute atomic E-state index is 12.9. The minimum atomic E-state index is -3.75.